The first-order chi connectivity index (χ1) is 6.19. The normalized spacial score (nSPS) is 12.1. The van der Waals surface area contributed by atoms with E-state index in [0.717, 1.165) is 5.69 Å². The number of nitrogens with zero attached hydrogens (tertiary/aromatic N) is 2. The molecular formula is C8H7ClN2OS. The van der Waals surface area contributed by atoms with Gasteiger partial charge in [0.1, 0.15) is 22.4 Å². The van der Waals surface area contributed by atoms with Gasteiger partial charge in [0.15, 0.2) is 0 Å². The molecule has 0 aromatic carbocycles. The van der Waals surface area contributed by atoms with Crippen LogP contribution >= 0.6 is 22.9 Å². The van der Waals surface area contributed by atoms with Gasteiger partial charge < -0.3 is 5.11 Å². The van der Waals surface area contributed by atoms with Crippen molar-refractivity contribution in [3.8, 4) is 6.07 Å². The van der Waals surface area contributed by atoms with Crippen molar-refractivity contribution in [1.29, 1.82) is 5.26 Å². The fourth-order valence-electron chi connectivity index (χ4n) is 0.771. The van der Waals surface area contributed by atoms with Gasteiger partial charge in [-0.15, -0.1) is 22.9 Å². The Bertz CT molecular complexity index is 378. The molecule has 1 rings (SSSR count). The summed E-state index contributed by atoms with van der Waals surface area (Å²) < 4.78 is 0. The third-order valence-electron chi connectivity index (χ3n) is 1.36. The highest BCUT2D eigenvalue weighted by Crippen LogP contribution is 2.21. The van der Waals surface area contributed by atoms with Crippen molar-refractivity contribution in [2.75, 3.05) is 5.88 Å². The Balaban J connectivity index is 3.13. The van der Waals surface area contributed by atoms with E-state index in [2.05, 4.69) is 4.98 Å². The van der Waals surface area contributed by atoms with E-state index < -0.39 is 0 Å². The van der Waals surface area contributed by atoms with Gasteiger partial charge in [0.2, 0.25) is 0 Å². The second-order valence-corrected chi connectivity index (χ2v) is 3.49. The molecule has 0 atom stereocenters. The van der Waals surface area contributed by atoms with Crippen molar-refractivity contribution in [3.05, 3.63) is 21.8 Å². The minimum atomic E-state index is -0.126. The largest absolute Gasteiger partial charge is 0.510 e. The molecule has 0 unspecified atom stereocenters. The maximum absolute atomic E-state index is 9.27. The molecule has 0 aliphatic rings. The number of rotatable bonds is 2. The van der Waals surface area contributed by atoms with E-state index in [1.807, 2.05) is 18.4 Å². The van der Waals surface area contributed by atoms with E-state index in [-0.39, 0.29) is 17.2 Å². The summed E-state index contributed by atoms with van der Waals surface area (Å²) in [6.45, 7) is 1.83. The molecule has 0 spiro atoms. The van der Waals surface area contributed by atoms with Crippen LogP contribution in [0.3, 0.4) is 0 Å². The van der Waals surface area contributed by atoms with Crippen molar-refractivity contribution >= 4 is 28.5 Å². The monoisotopic (exact) mass is 214 g/mol. The summed E-state index contributed by atoms with van der Waals surface area (Å²) in [5, 5.41) is 20.3. The van der Waals surface area contributed by atoms with Crippen LogP contribution in [0, 0.1) is 18.3 Å². The van der Waals surface area contributed by atoms with E-state index in [1.54, 1.807) is 0 Å². The van der Waals surface area contributed by atoms with E-state index >= 15 is 0 Å². The number of aromatic nitrogens is 1. The van der Waals surface area contributed by atoms with Crippen LogP contribution in [0.1, 0.15) is 10.7 Å². The zero-order valence-electron chi connectivity index (χ0n) is 6.91. The highest BCUT2D eigenvalue weighted by molar-refractivity contribution is 7.10. The topological polar surface area (TPSA) is 56.9 Å². The van der Waals surface area contributed by atoms with Gasteiger partial charge in [-0.1, -0.05) is 0 Å². The molecule has 1 aromatic heterocycles. The smallest absolute Gasteiger partial charge is 0.137 e. The molecule has 1 N–H and O–H groups in total. The average Bonchev–Trinajstić information content (AvgIpc) is 2.53. The molecular weight excluding hydrogens is 208 g/mol. The number of allylic oxidation sites excluding steroid dienone is 2. The summed E-state index contributed by atoms with van der Waals surface area (Å²) in [7, 11) is 0. The first-order valence-electron chi connectivity index (χ1n) is 3.49. The van der Waals surface area contributed by atoms with Crippen LogP contribution in [0.2, 0.25) is 0 Å². The van der Waals surface area contributed by atoms with Gasteiger partial charge in [-0.05, 0) is 6.92 Å². The van der Waals surface area contributed by atoms with Crippen molar-refractivity contribution in [3.63, 3.8) is 0 Å². The number of thiazole rings is 1. The van der Waals surface area contributed by atoms with Crippen LogP contribution in [0.25, 0.3) is 5.57 Å². The molecule has 0 saturated heterocycles. The van der Waals surface area contributed by atoms with Gasteiger partial charge in [-0.25, -0.2) is 4.98 Å². The molecule has 0 saturated carbocycles. The predicted molar refractivity (Wildman–Crippen MR) is 52.7 cm³/mol. The average molecular weight is 215 g/mol. The second-order valence-electron chi connectivity index (χ2n) is 2.36. The molecule has 0 aliphatic carbocycles. The van der Waals surface area contributed by atoms with Crippen LogP contribution in [-0.4, -0.2) is 16.0 Å². The number of aryl methyl sites for hydroxylation is 1. The maximum Gasteiger partial charge on any atom is 0.137 e. The number of aliphatic hydroxyl groups is 1. The summed E-state index contributed by atoms with van der Waals surface area (Å²) in [4.78, 5) is 4.07. The molecule has 0 bridgehead atoms. The van der Waals surface area contributed by atoms with Gasteiger partial charge in [0.25, 0.3) is 0 Å². The molecule has 0 aliphatic heterocycles. The molecule has 1 aromatic rings. The molecule has 68 valence electrons. The lowest BCUT2D eigenvalue weighted by molar-refractivity contribution is 0.420. The minimum absolute atomic E-state index is 0.0679. The Morgan fingerprint density at radius 1 is 1.85 bits per heavy atom. The number of alkyl halides is 1. The van der Waals surface area contributed by atoms with Crippen LogP contribution in [0.4, 0.5) is 0 Å². The Hall–Kier alpha value is -1.05. The first-order valence-corrected chi connectivity index (χ1v) is 4.91. The molecule has 5 heteroatoms. The molecule has 0 fully saturated rings. The fraction of sp³-hybridized carbons (Fsp3) is 0.250. The van der Waals surface area contributed by atoms with E-state index in [0.29, 0.717) is 5.01 Å². The lowest BCUT2D eigenvalue weighted by Gasteiger charge is -1.95. The minimum Gasteiger partial charge on any atom is -0.510 e. The Kier molecular flexibility index (Phi) is 3.29. The SMILES string of the molecule is Cc1csc(C(C#N)=C(O)CCl)n1. The standard InChI is InChI=1S/C8H7ClN2OS/c1-5-4-13-8(11-5)6(3-10)7(12)2-9/h4,12H,2H2,1H3. The zero-order chi connectivity index (χ0) is 9.84. The summed E-state index contributed by atoms with van der Waals surface area (Å²) in [6, 6.07) is 1.88. The molecule has 3 nitrogen and oxygen atoms in total. The zero-order valence-corrected chi connectivity index (χ0v) is 8.48. The van der Waals surface area contributed by atoms with Crippen molar-refractivity contribution in [2.24, 2.45) is 0 Å². The van der Waals surface area contributed by atoms with E-state index in [9.17, 15) is 5.11 Å². The summed E-state index contributed by atoms with van der Waals surface area (Å²) in [5.74, 6) is -0.194. The van der Waals surface area contributed by atoms with Crippen LogP contribution in [-0.2, 0) is 0 Å². The molecule has 0 radical (unpaired) electrons. The van der Waals surface area contributed by atoms with Crippen molar-refractivity contribution in [2.45, 2.75) is 6.92 Å². The molecule has 13 heavy (non-hydrogen) atoms. The highest BCUT2D eigenvalue weighted by Gasteiger charge is 2.10. The van der Waals surface area contributed by atoms with Crippen LogP contribution in [0.5, 0.6) is 0 Å². The van der Waals surface area contributed by atoms with Gasteiger partial charge in [-0.2, -0.15) is 5.26 Å². The van der Waals surface area contributed by atoms with Crippen LogP contribution < -0.4 is 0 Å². The summed E-state index contributed by atoms with van der Waals surface area (Å²) in [5.41, 5.74) is 0.989. The van der Waals surface area contributed by atoms with Crippen LogP contribution in [0.15, 0.2) is 11.1 Å². The number of halogens is 1. The maximum atomic E-state index is 9.27. The lowest BCUT2D eigenvalue weighted by atomic mass is 10.3. The summed E-state index contributed by atoms with van der Waals surface area (Å²) in [6.07, 6.45) is 0. The Labute approximate surface area is 84.9 Å². The number of hydrogen-bond donors (Lipinski definition) is 1. The van der Waals surface area contributed by atoms with E-state index in [1.165, 1.54) is 11.3 Å². The fourth-order valence-corrected chi connectivity index (χ4v) is 1.72. The van der Waals surface area contributed by atoms with Gasteiger partial charge in [0.05, 0.1) is 5.88 Å². The predicted octanol–water partition coefficient (Wildman–Crippen LogP) is 2.48. The van der Waals surface area contributed by atoms with Crippen molar-refractivity contribution in [1.82, 2.24) is 4.98 Å². The highest BCUT2D eigenvalue weighted by atomic mass is 35.5. The lowest BCUT2D eigenvalue weighted by Crippen LogP contribution is -1.90. The van der Waals surface area contributed by atoms with Gasteiger partial charge in [0, 0.05) is 11.1 Å². The second kappa shape index (κ2) is 4.26. The Morgan fingerprint density at radius 2 is 2.54 bits per heavy atom. The molecule has 1 heterocycles. The third kappa shape index (κ3) is 2.20. The summed E-state index contributed by atoms with van der Waals surface area (Å²) >= 11 is 6.72. The quantitative estimate of drug-likeness (QED) is 0.468. The number of aliphatic hydroxyl groups excluding tert-OH is 1. The van der Waals surface area contributed by atoms with Gasteiger partial charge >= 0.3 is 0 Å². The molecule has 0 amide bonds. The Morgan fingerprint density at radius 3 is 2.92 bits per heavy atom. The van der Waals surface area contributed by atoms with E-state index in [4.69, 9.17) is 16.9 Å². The number of nitriles is 1. The number of hydrogen-bond acceptors (Lipinski definition) is 4. The first kappa shape index (κ1) is 10.0. The third-order valence-corrected chi connectivity index (χ3v) is 2.59. The van der Waals surface area contributed by atoms with Crippen molar-refractivity contribution < 1.29 is 5.11 Å². The van der Waals surface area contributed by atoms with Gasteiger partial charge in [-0.3, -0.25) is 0 Å².